The molecule has 24 heavy (non-hydrogen) atoms. The lowest BCUT2D eigenvalue weighted by Gasteiger charge is -2.22. The van der Waals surface area contributed by atoms with Crippen molar-refractivity contribution in [2.45, 2.75) is 31.7 Å². The number of anilines is 1. The van der Waals surface area contributed by atoms with E-state index >= 15 is 0 Å². The van der Waals surface area contributed by atoms with Crippen molar-refractivity contribution in [2.24, 2.45) is 5.92 Å². The molecule has 4 rings (SSSR count). The molecular weight excluding hydrogens is 328 g/mol. The quantitative estimate of drug-likeness (QED) is 0.883. The molecule has 7 nitrogen and oxygen atoms in total. The van der Waals surface area contributed by atoms with Gasteiger partial charge in [-0.1, -0.05) is 12.1 Å². The summed E-state index contributed by atoms with van der Waals surface area (Å²) in [6, 6.07) is 8.17. The Bertz CT molecular complexity index is 708. The number of hydrogen-bond acceptors (Lipinski definition) is 5. The summed E-state index contributed by atoms with van der Waals surface area (Å²) in [7, 11) is 0. The van der Waals surface area contributed by atoms with Crippen LogP contribution in [0.15, 0.2) is 24.3 Å². The van der Waals surface area contributed by atoms with Crippen LogP contribution in [-0.2, 0) is 4.79 Å². The Hall–Kier alpha value is -1.99. The molecule has 0 spiro atoms. The number of halogens is 1. The number of nitrogens with one attached hydrogen (secondary N) is 2. The van der Waals surface area contributed by atoms with Crippen LogP contribution < -0.4 is 10.6 Å². The van der Waals surface area contributed by atoms with E-state index in [2.05, 4.69) is 26.2 Å². The number of carbonyl (C=O) groups is 1. The molecule has 1 aromatic carbocycles. The van der Waals surface area contributed by atoms with Gasteiger partial charge in [0.25, 0.3) is 0 Å². The first-order valence-electron chi connectivity index (χ1n) is 8.21. The molecule has 1 aliphatic carbocycles. The summed E-state index contributed by atoms with van der Waals surface area (Å²) in [4.78, 5) is 12.4. The van der Waals surface area contributed by atoms with Crippen molar-refractivity contribution in [2.75, 3.05) is 18.4 Å². The number of rotatable bonds is 4. The summed E-state index contributed by atoms with van der Waals surface area (Å²) < 4.78 is 1.88. The van der Waals surface area contributed by atoms with Gasteiger partial charge in [-0.3, -0.25) is 4.79 Å². The van der Waals surface area contributed by atoms with Crippen LogP contribution in [0.5, 0.6) is 0 Å². The van der Waals surface area contributed by atoms with Crippen LogP contribution in [-0.4, -0.2) is 39.2 Å². The maximum absolute atomic E-state index is 12.4. The van der Waals surface area contributed by atoms with Crippen molar-refractivity contribution in [3.8, 4) is 11.4 Å². The minimum absolute atomic E-state index is 0. The molecule has 1 atom stereocenters. The van der Waals surface area contributed by atoms with Gasteiger partial charge in [-0.05, 0) is 54.8 Å². The summed E-state index contributed by atoms with van der Waals surface area (Å²) >= 11 is 0. The Balaban J connectivity index is 0.00000169. The fourth-order valence-electron chi connectivity index (χ4n) is 3.00. The number of piperidine rings is 1. The van der Waals surface area contributed by atoms with Crippen molar-refractivity contribution in [3.05, 3.63) is 24.3 Å². The predicted octanol–water partition coefficient (Wildman–Crippen LogP) is 2.03. The summed E-state index contributed by atoms with van der Waals surface area (Å²) in [5.41, 5.74) is 1.73. The predicted molar refractivity (Wildman–Crippen MR) is 93.0 cm³/mol. The summed E-state index contributed by atoms with van der Waals surface area (Å²) in [6.45, 7) is 1.76. The van der Waals surface area contributed by atoms with E-state index in [1.165, 1.54) is 0 Å². The SMILES string of the molecule is Cl.O=C(Nc1cccc(-c2nnnn2C2CC2)c1)[C@@H]1CCCNC1. The van der Waals surface area contributed by atoms with E-state index in [0.29, 0.717) is 6.04 Å². The summed E-state index contributed by atoms with van der Waals surface area (Å²) in [5, 5.41) is 18.3. The van der Waals surface area contributed by atoms with E-state index in [1.807, 2.05) is 28.9 Å². The van der Waals surface area contributed by atoms with Crippen molar-refractivity contribution in [1.29, 1.82) is 0 Å². The number of carbonyl (C=O) groups excluding carboxylic acids is 1. The van der Waals surface area contributed by atoms with Gasteiger partial charge in [0.15, 0.2) is 5.82 Å². The topological polar surface area (TPSA) is 84.7 Å². The Morgan fingerprint density at radius 1 is 1.29 bits per heavy atom. The van der Waals surface area contributed by atoms with Crippen LogP contribution in [0.3, 0.4) is 0 Å². The van der Waals surface area contributed by atoms with Gasteiger partial charge >= 0.3 is 0 Å². The van der Waals surface area contributed by atoms with Crippen molar-refractivity contribution in [3.63, 3.8) is 0 Å². The monoisotopic (exact) mass is 348 g/mol. The van der Waals surface area contributed by atoms with E-state index < -0.39 is 0 Å². The average Bonchev–Trinajstić information content (AvgIpc) is 3.32. The maximum Gasteiger partial charge on any atom is 0.228 e. The number of tetrazole rings is 1. The molecule has 2 fully saturated rings. The molecule has 1 saturated heterocycles. The van der Waals surface area contributed by atoms with Crippen LogP contribution in [0, 0.1) is 5.92 Å². The third kappa shape index (κ3) is 3.57. The molecule has 2 N–H and O–H groups in total. The zero-order valence-electron chi connectivity index (χ0n) is 13.3. The standard InChI is InChI=1S/C16H20N6O.ClH/c23-16(12-4-2-8-17-10-12)18-13-5-1-3-11(9-13)15-19-20-21-22(15)14-6-7-14;/h1,3,5,9,12,14,17H,2,4,6-8,10H2,(H,18,23);1H/t12-;/m1./s1. The molecule has 8 heteroatoms. The zero-order chi connectivity index (χ0) is 15.6. The van der Waals surface area contributed by atoms with Crippen molar-refractivity contribution >= 4 is 24.0 Å². The molecule has 1 saturated carbocycles. The molecular formula is C16H21ClN6O. The van der Waals surface area contributed by atoms with Crippen LogP contribution >= 0.6 is 12.4 Å². The molecule has 2 heterocycles. The Morgan fingerprint density at radius 3 is 2.92 bits per heavy atom. The number of nitrogens with zero attached hydrogens (tertiary/aromatic N) is 4. The first-order valence-corrected chi connectivity index (χ1v) is 8.21. The van der Waals surface area contributed by atoms with Crippen molar-refractivity contribution in [1.82, 2.24) is 25.5 Å². The van der Waals surface area contributed by atoms with E-state index in [0.717, 1.165) is 55.8 Å². The zero-order valence-corrected chi connectivity index (χ0v) is 14.1. The van der Waals surface area contributed by atoms with Crippen molar-refractivity contribution < 1.29 is 4.79 Å². The van der Waals surface area contributed by atoms with Gasteiger partial charge in [0.1, 0.15) is 0 Å². The first-order chi connectivity index (χ1) is 11.3. The maximum atomic E-state index is 12.4. The normalized spacial score (nSPS) is 20.2. The third-order valence-corrected chi connectivity index (χ3v) is 4.44. The lowest BCUT2D eigenvalue weighted by Crippen LogP contribution is -2.37. The molecule has 1 amide bonds. The first kappa shape index (κ1) is 16.9. The Kier molecular flexibility index (Phi) is 5.11. The van der Waals surface area contributed by atoms with E-state index in [1.54, 1.807) is 0 Å². The lowest BCUT2D eigenvalue weighted by atomic mass is 9.99. The highest BCUT2D eigenvalue weighted by atomic mass is 35.5. The summed E-state index contributed by atoms with van der Waals surface area (Å²) in [5.74, 6) is 0.892. The summed E-state index contributed by atoms with van der Waals surface area (Å²) in [6.07, 6.45) is 4.25. The van der Waals surface area contributed by atoms with Crippen LogP contribution in [0.25, 0.3) is 11.4 Å². The van der Waals surface area contributed by atoms with Crippen LogP contribution in [0.2, 0.25) is 0 Å². The third-order valence-electron chi connectivity index (χ3n) is 4.44. The minimum Gasteiger partial charge on any atom is -0.326 e. The Morgan fingerprint density at radius 2 is 2.17 bits per heavy atom. The minimum atomic E-state index is 0. The highest BCUT2D eigenvalue weighted by molar-refractivity contribution is 5.93. The number of aromatic nitrogens is 4. The Labute approximate surface area is 146 Å². The molecule has 1 aromatic heterocycles. The second kappa shape index (κ2) is 7.27. The molecule has 2 aromatic rings. The molecule has 2 aliphatic rings. The fraction of sp³-hybridized carbons (Fsp3) is 0.500. The van der Waals surface area contributed by atoms with Gasteiger partial charge in [-0.25, -0.2) is 4.68 Å². The van der Waals surface area contributed by atoms with Gasteiger partial charge in [0.2, 0.25) is 5.91 Å². The highest BCUT2D eigenvalue weighted by Crippen LogP contribution is 2.36. The van der Waals surface area contributed by atoms with E-state index in [9.17, 15) is 4.79 Å². The van der Waals surface area contributed by atoms with Gasteiger partial charge in [0.05, 0.1) is 12.0 Å². The van der Waals surface area contributed by atoms with Gasteiger partial charge in [0, 0.05) is 17.8 Å². The van der Waals surface area contributed by atoms with Crippen LogP contribution in [0.1, 0.15) is 31.7 Å². The average molecular weight is 349 g/mol. The number of amides is 1. The second-order valence-corrected chi connectivity index (χ2v) is 6.29. The fourth-order valence-corrected chi connectivity index (χ4v) is 3.00. The molecule has 128 valence electrons. The highest BCUT2D eigenvalue weighted by Gasteiger charge is 2.28. The second-order valence-electron chi connectivity index (χ2n) is 6.29. The smallest absolute Gasteiger partial charge is 0.228 e. The molecule has 1 aliphatic heterocycles. The number of benzene rings is 1. The lowest BCUT2D eigenvalue weighted by molar-refractivity contribution is -0.120. The van der Waals surface area contributed by atoms with Gasteiger partial charge in [-0.2, -0.15) is 0 Å². The molecule has 0 bridgehead atoms. The molecule has 0 unspecified atom stereocenters. The number of hydrogen-bond donors (Lipinski definition) is 2. The van der Waals surface area contributed by atoms with Gasteiger partial charge < -0.3 is 10.6 Å². The van der Waals surface area contributed by atoms with Gasteiger partial charge in [-0.15, -0.1) is 17.5 Å². The van der Waals surface area contributed by atoms with E-state index in [4.69, 9.17) is 0 Å². The van der Waals surface area contributed by atoms with E-state index in [-0.39, 0.29) is 24.2 Å². The molecule has 0 radical (unpaired) electrons. The van der Waals surface area contributed by atoms with Crippen LogP contribution in [0.4, 0.5) is 5.69 Å². The largest absolute Gasteiger partial charge is 0.326 e.